The summed E-state index contributed by atoms with van der Waals surface area (Å²) in [5.74, 6) is 0.442. The van der Waals surface area contributed by atoms with Gasteiger partial charge in [-0.05, 0) is 30.3 Å². The first-order valence-electron chi connectivity index (χ1n) is 9.07. The average Bonchev–Trinajstić information content (AvgIpc) is 2.78. The van der Waals surface area contributed by atoms with Crippen LogP contribution in [0.15, 0.2) is 47.4 Å². The minimum absolute atomic E-state index is 0.0166. The first-order chi connectivity index (χ1) is 14.9. The molecule has 0 radical (unpaired) electrons. The zero-order valence-corrected chi connectivity index (χ0v) is 17.6. The molecule has 31 heavy (non-hydrogen) atoms. The van der Waals surface area contributed by atoms with Crippen LogP contribution < -0.4 is 19.8 Å². The number of carbonyl (C=O) groups excluding carboxylic acids is 1. The number of benzene rings is 2. The first kappa shape index (κ1) is 20.5. The molecule has 1 N–H and O–H groups in total. The average molecular weight is 441 g/mol. The van der Waals surface area contributed by atoms with Gasteiger partial charge in [-0.3, -0.25) is 14.0 Å². The lowest BCUT2D eigenvalue weighted by Crippen LogP contribution is -2.17. The summed E-state index contributed by atoms with van der Waals surface area (Å²) >= 11 is 6.38. The largest absolute Gasteiger partial charge is 0.507 e. The maximum atomic E-state index is 13.2. The Balaban J connectivity index is 1.96. The van der Waals surface area contributed by atoms with E-state index in [1.807, 2.05) is 0 Å². The number of ether oxygens (including phenoxy) is 3. The van der Waals surface area contributed by atoms with Crippen LogP contribution in [0.1, 0.15) is 15.9 Å². The Morgan fingerprint density at radius 2 is 1.74 bits per heavy atom. The van der Waals surface area contributed by atoms with E-state index in [0.29, 0.717) is 22.8 Å². The highest BCUT2D eigenvalue weighted by Crippen LogP contribution is 2.31. The van der Waals surface area contributed by atoms with Crippen LogP contribution in [0.2, 0.25) is 5.02 Å². The van der Waals surface area contributed by atoms with Gasteiger partial charge < -0.3 is 19.3 Å². The summed E-state index contributed by atoms with van der Waals surface area (Å²) in [5.41, 5.74) is 0.229. The van der Waals surface area contributed by atoms with Crippen LogP contribution in [0, 0.1) is 0 Å². The second kappa shape index (κ2) is 7.81. The highest BCUT2D eigenvalue weighted by atomic mass is 35.5. The predicted molar refractivity (Wildman–Crippen MR) is 115 cm³/mol. The van der Waals surface area contributed by atoms with Gasteiger partial charge in [0.2, 0.25) is 0 Å². The highest BCUT2D eigenvalue weighted by molar-refractivity contribution is 6.34. The number of pyridine rings is 1. The van der Waals surface area contributed by atoms with Crippen molar-refractivity contribution in [1.82, 2.24) is 9.38 Å². The van der Waals surface area contributed by atoms with Gasteiger partial charge in [-0.25, -0.2) is 4.98 Å². The Labute approximate surface area is 181 Å². The SMILES string of the molecule is COc1ccc(O)c(C(=O)c2cc(Cl)c3nc4cc(OC)c(OC)cc4c(=O)n3c2)c1. The molecule has 4 rings (SSSR count). The molecule has 0 unspecified atom stereocenters. The van der Waals surface area contributed by atoms with E-state index in [4.69, 9.17) is 25.8 Å². The molecule has 2 heterocycles. The van der Waals surface area contributed by atoms with Gasteiger partial charge in [-0.2, -0.15) is 0 Å². The van der Waals surface area contributed by atoms with Crippen molar-refractivity contribution in [2.45, 2.75) is 0 Å². The number of aromatic nitrogens is 2. The monoisotopic (exact) mass is 440 g/mol. The molecule has 0 spiro atoms. The van der Waals surface area contributed by atoms with Crippen LogP contribution in [0.25, 0.3) is 16.6 Å². The third kappa shape index (κ3) is 3.40. The molecule has 8 nitrogen and oxygen atoms in total. The second-order valence-electron chi connectivity index (χ2n) is 6.62. The van der Waals surface area contributed by atoms with E-state index in [9.17, 15) is 14.7 Å². The molecule has 0 aliphatic carbocycles. The molecule has 2 aromatic carbocycles. The van der Waals surface area contributed by atoms with Crippen LogP contribution in [-0.4, -0.2) is 41.6 Å². The second-order valence-corrected chi connectivity index (χ2v) is 7.03. The number of rotatable bonds is 5. The van der Waals surface area contributed by atoms with Crippen LogP contribution in [0.5, 0.6) is 23.0 Å². The van der Waals surface area contributed by atoms with E-state index >= 15 is 0 Å². The van der Waals surface area contributed by atoms with Gasteiger partial charge in [-0.15, -0.1) is 0 Å². The standard InChI is InChI=1S/C22H17ClN2O6/c1-29-12-4-5-17(26)14(7-12)20(27)11-6-15(23)21-24-16-9-19(31-3)18(30-2)8-13(16)22(28)25(21)10-11/h4-10,26H,1-3H3. The van der Waals surface area contributed by atoms with E-state index in [-0.39, 0.29) is 32.9 Å². The van der Waals surface area contributed by atoms with Crippen molar-refractivity contribution in [3.8, 4) is 23.0 Å². The lowest BCUT2D eigenvalue weighted by atomic mass is 10.0. The Morgan fingerprint density at radius 1 is 1.03 bits per heavy atom. The zero-order valence-electron chi connectivity index (χ0n) is 16.8. The van der Waals surface area contributed by atoms with Crippen molar-refractivity contribution < 1.29 is 24.1 Å². The molecule has 158 valence electrons. The number of hydrogen-bond donors (Lipinski definition) is 1. The van der Waals surface area contributed by atoms with E-state index in [2.05, 4.69) is 4.98 Å². The molecule has 0 amide bonds. The van der Waals surface area contributed by atoms with Gasteiger partial charge in [-0.1, -0.05) is 11.6 Å². The topological polar surface area (TPSA) is 99.4 Å². The number of carbonyl (C=O) groups is 1. The molecule has 4 aromatic rings. The fourth-order valence-corrected chi connectivity index (χ4v) is 3.55. The number of methoxy groups -OCH3 is 3. The lowest BCUT2D eigenvalue weighted by Gasteiger charge is -2.12. The highest BCUT2D eigenvalue weighted by Gasteiger charge is 2.19. The number of phenolic OH excluding ortho intramolecular Hbond substituents is 1. The number of fused-ring (bicyclic) bond motifs is 2. The van der Waals surface area contributed by atoms with E-state index < -0.39 is 11.3 Å². The molecule has 0 aliphatic rings. The smallest absolute Gasteiger partial charge is 0.265 e. The van der Waals surface area contributed by atoms with E-state index in [0.717, 1.165) is 0 Å². The summed E-state index contributed by atoms with van der Waals surface area (Å²) < 4.78 is 16.9. The normalized spacial score (nSPS) is 11.0. The third-order valence-corrected chi connectivity index (χ3v) is 5.16. The summed E-state index contributed by atoms with van der Waals surface area (Å²) in [6, 6.07) is 8.80. The molecule has 2 aromatic heterocycles. The zero-order chi connectivity index (χ0) is 22.3. The minimum Gasteiger partial charge on any atom is -0.507 e. The number of aromatic hydroxyl groups is 1. The molecule has 0 atom stereocenters. The first-order valence-corrected chi connectivity index (χ1v) is 9.45. The fraction of sp³-hybridized carbons (Fsp3) is 0.136. The van der Waals surface area contributed by atoms with E-state index in [1.54, 1.807) is 6.07 Å². The number of nitrogens with zero attached hydrogens (tertiary/aromatic N) is 2. The lowest BCUT2D eigenvalue weighted by molar-refractivity contribution is 0.103. The maximum absolute atomic E-state index is 13.2. The van der Waals surface area contributed by atoms with Crippen molar-refractivity contribution in [3.05, 3.63) is 69.1 Å². The Hall–Kier alpha value is -3.78. The molecule has 9 heteroatoms. The molecule has 0 saturated carbocycles. The Kier molecular flexibility index (Phi) is 5.16. The summed E-state index contributed by atoms with van der Waals surface area (Å²) in [6.07, 6.45) is 1.34. The van der Waals surface area contributed by atoms with E-state index in [1.165, 1.54) is 62.3 Å². The molecule has 0 aliphatic heterocycles. The van der Waals surface area contributed by atoms with Crippen LogP contribution in [-0.2, 0) is 0 Å². The van der Waals surface area contributed by atoms with Crippen LogP contribution in [0.3, 0.4) is 0 Å². The van der Waals surface area contributed by atoms with Gasteiger partial charge in [0.05, 0.1) is 42.8 Å². The minimum atomic E-state index is -0.528. The van der Waals surface area contributed by atoms with Crippen molar-refractivity contribution in [3.63, 3.8) is 0 Å². The Bertz CT molecular complexity index is 1410. The fourth-order valence-electron chi connectivity index (χ4n) is 3.30. The van der Waals surface area contributed by atoms with Gasteiger partial charge in [0.15, 0.2) is 22.9 Å². The van der Waals surface area contributed by atoms with Crippen LogP contribution in [0.4, 0.5) is 0 Å². The molecular weight excluding hydrogens is 424 g/mol. The third-order valence-electron chi connectivity index (χ3n) is 4.88. The van der Waals surface area contributed by atoms with Gasteiger partial charge >= 0.3 is 0 Å². The van der Waals surface area contributed by atoms with Crippen molar-refractivity contribution in [1.29, 1.82) is 0 Å². The predicted octanol–water partition coefficient (Wildman–Crippen LogP) is 3.46. The number of phenols is 1. The van der Waals surface area contributed by atoms with Crippen molar-refractivity contribution in [2.24, 2.45) is 0 Å². The van der Waals surface area contributed by atoms with Crippen LogP contribution >= 0.6 is 11.6 Å². The number of ketones is 1. The summed E-state index contributed by atoms with van der Waals surface area (Å²) in [5, 5.41) is 10.5. The van der Waals surface area contributed by atoms with Crippen molar-refractivity contribution in [2.75, 3.05) is 21.3 Å². The summed E-state index contributed by atoms with van der Waals surface area (Å²) in [4.78, 5) is 30.7. The van der Waals surface area contributed by atoms with Gasteiger partial charge in [0, 0.05) is 17.8 Å². The van der Waals surface area contributed by atoms with Gasteiger partial charge in [0.1, 0.15) is 11.5 Å². The summed E-state index contributed by atoms with van der Waals surface area (Å²) in [6.45, 7) is 0. The van der Waals surface area contributed by atoms with Gasteiger partial charge in [0.25, 0.3) is 5.56 Å². The molecular formula is C22H17ClN2O6. The Morgan fingerprint density at radius 3 is 2.42 bits per heavy atom. The summed E-state index contributed by atoms with van der Waals surface area (Å²) in [7, 11) is 4.40. The quantitative estimate of drug-likeness (QED) is 0.374. The molecule has 0 fully saturated rings. The molecule has 0 saturated heterocycles. The molecule has 0 bridgehead atoms. The number of hydrogen-bond acceptors (Lipinski definition) is 7. The number of halogens is 1. The maximum Gasteiger partial charge on any atom is 0.265 e. The van der Waals surface area contributed by atoms with Crippen molar-refractivity contribution >= 4 is 33.9 Å².